The van der Waals surface area contributed by atoms with E-state index in [1.807, 2.05) is 0 Å². The largest absolute Gasteiger partial charge is 0.455 e. The van der Waals surface area contributed by atoms with E-state index in [-0.39, 0.29) is 10.8 Å². The highest BCUT2D eigenvalue weighted by Crippen LogP contribution is 2.51. The summed E-state index contributed by atoms with van der Waals surface area (Å²) in [5, 5.41) is 11.5. The molecule has 0 aliphatic heterocycles. The smallest absolute Gasteiger partial charge is 0.144 e. The zero-order chi connectivity index (χ0) is 37.3. The first kappa shape index (κ1) is 32.8. The van der Waals surface area contributed by atoms with Gasteiger partial charge in [-0.1, -0.05) is 150 Å². The maximum atomic E-state index is 7.12. The van der Waals surface area contributed by atoms with E-state index in [4.69, 9.17) is 8.83 Å². The molecule has 10 rings (SSSR count). The predicted molar refractivity (Wildman–Crippen MR) is 231 cm³/mol. The summed E-state index contributed by atoms with van der Waals surface area (Å²) in [5.41, 5.74) is 13.4. The molecule has 0 aliphatic rings. The van der Waals surface area contributed by atoms with Gasteiger partial charge in [-0.15, -0.1) is 0 Å². The fraction of sp³-hybridized carbons (Fsp3) is 0.192. The number of hydrogen-bond donors (Lipinski definition) is 0. The summed E-state index contributed by atoms with van der Waals surface area (Å²) >= 11 is 0. The van der Waals surface area contributed by atoms with Gasteiger partial charge >= 0.3 is 0 Å². The third-order valence-electron chi connectivity index (χ3n) is 11.7. The summed E-state index contributed by atoms with van der Waals surface area (Å²) in [4.78, 5) is 0. The fourth-order valence-corrected chi connectivity index (χ4v) is 8.64. The van der Waals surface area contributed by atoms with Crippen molar-refractivity contribution >= 4 is 76.2 Å². The number of furan rings is 2. The third-order valence-corrected chi connectivity index (χ3v) is 11.7. The van der Waals surface area contributed by atoms with E-state index < -0.39 is 0 Å². The molecule has 0 atom stereocenters. The van der Waals surface area contributed by atoms with Crippen LogP contribution in [-0.2, 0) is 10.8 Å². The Bertz CT molecular complexity index is 2940. The normalized spacial score (nSPS) is 12.8. The standard InChI is InChI=1S/C52H44O2/c1-29-13-17-31(18-14-29)39-27-43-45(35-23-21-33(25-41(35)39)51(3,4)5)47-48-46-36-24-22-34(52(6,7)8)26-42(36)40(32-19-15-30(2)16-20-32)28-44(46)54-50(48)38-12-10-9-11-37(38)49(47)53-43/h9-28H,1-8H3. The lowest BCUT2D eigenvalue weighted by atomic mass is 9.83. The zero-order valence-corrected chi connectivity index (χ0v) is 32.4. The van der Waals surface area contributed by atoms with Gasteiger partial charge in [-0.25, -0.2) is 0 Å². The Kier molecular flexibility index (Phi) is 6.87. The van der Waals surface area contributed by atoms with Gasteiger partial charge in [0.25, 0.3) is 0 Å². The Labute approximate surface area is 316 Å². The summed E-state index contributed by atoms with van der Waals surface area (Å²) in [6.45, 7) is 18.0. The quantitative estimate of drug-likeness (QED) is 0.179. The summed E-state index contributed by atoms with van der Waals surface area (Å²) < 4.78 is 14.2. The lowest BCUT2D eigenvalue weighted by Gasteiger charge is -2.21. The highest BCUT2D eigenvalue weighted by molar-refractivity contribution is 6.40. The van der Waals surface area contributed by atoms with E-state index in [2.05, 4.69) is 177 Å². The van der Waals surface area contributed by atoms with Crippen LogP contribution in [-0.4, -0.2) is 0 Å². The first-order chi connectivity index (χ1) is 25.8. The number of rotatable bonds is 2. The molecule has 54 heavy (non-hydrogen) atoms. The highest BCUT2D eigenvalue weighted by Gasteiger charge is 2.27. The third kappa shape index (κ3) is 4.86. The minimum atomic E-state index is -0.00360. The maximum absolute atomic E-state index is 7.12. The summed E-state index contributed by atoms with van der Waals surface area (Å²) in [6, 6.07) is 45.0. The molecule has 2 nitrogen and oxygen atoms in total. The molecular weight excluding hydrogens is 657 g/mol. The van der Waals surface area contributed by atoms with Gasteiger partial charge in [-0.2, -0.15) is 0 Å². The van der Waals surface area contributed by atoms with Crippen LogP contribution in [0.5, 0.6) is 0 Å². The van der Waals surface area contributed by atoms with Crippen molar-refractivity contribution in [3.8, 4) is 22.3 Å². The van der Waals surface area contributed by atoms with Gasteiger partial charge in [0, 0.05) is 32.3 Å². The average Bonchev–Trinajstić information content (AvgIpc) is 3.73. The van der Waals surface area contributed by atoms with Crippen molar-refractivity contribution in [1.29, 1.82) is 0 Å². The van der Waals surface area contributed by atoms with Gasteiger partial charge in [-0.05, 0) is 104 Å². The van der Waals surface area contributed by atoms with E-state index in [9.17, 15) is 0 Å². The molecule has 2 heteroatoms. The van der Waals surface area contributed by atoms with Crippen LogP contribution in [0.15, 0.2) is 130 Å². The SMILES string of the molecule is Cc1ccc(-c2cc3oc4c5ccccc5c5oc6cc(-c7ccc(C)cc7)c7cc(C(C)(C)C)ccc7c6c5c4c3c3ccc(C(C)(C)C)cc23)cc1. The van der Waals surface area contributed by atoms with E-state index in [1.165, 1.54) is 66.1 Å². The molecule has 0 amide bonds. The van der Waals surface area contributed by atoms with Gasteiger partial charge in [0.2, 0.25) is 0 Å². The van der Waals surface area contributed by atoms with Crippen LogP contribution in [0.1, 0.15) is 63.8 Å². The van der Waals surface area contributed by atoms with Crippen molar-refractivity contribution in [2.45, 2.75) is 66.2 Å². The van der Waals surface area contributed by atoms with Gasteiger partial charge < -0.3 is 8.83 Å². The molecule has 0 N–H and O–H groups in total. The van der Waals surface area contributed by atoms with Crippen molar-refractivity contribution < 1.29 is 8.83 Å². The van der Waals surface area contributed by atoms with Crippen molar-refractivity contribution in [1.82, 2.24) is 0 Å². The van der Waals surface area contributed by atoms with Gasteiger partial charge in [-0.3, -0.25) is 0 Å². The van der Waals surface area contributed by atoms with Crippen LogP contribution in [0, 0.1) is 13.8 Å². The Balaban J connectivity index is 1.43. The number of aryl methyl sites for hydroxylation is 2. The molecule has 2 aromatic heterocycles. The van der Waals surface area contributed by atoms with Crippen LogP contribution in [0.2, 0.25) is 0 Å². The zero-order valence-electron chi connectivity index (χ0n) is 32.4. The molecule has 10 aromatic rings. The van der Waals surface area contributed by atoms with E-state index in [1.54, 1.807) is 0 Å². The van der Waals surface area contributed by atoms with Crippen molar-refractivity contribution in [2.24, 2.45) is 0 Å². The Hall–Kier alpha value is -5.86. The second kappa shape index (κ2) is 11.3. The topological polar surface area (TPSA) is 26.3 Å². The maximum Gasteiger partial charge on any atom is 0.144 e. The minimum Gasteiger partial charge on any atom is -0.455 e. The van der Waals surface area contributed by atoms with E-state index in [0.717, 1.165) is 54.6 Å². The lowest BCUT2D eigenvalue weighted by Crippen LogP contribution is -2.10. The molecule has 0 fully saturated rings. The van der Waals surface area contributed by atoms with Crippen LogP contribution in [0.25, 0.3) is 98.4 Å². The molecule has 0 spiro atoms. The van der Waals surface area contributed by atoms with Crippen LogP contribution >= 0.6 is 0 Å². The number of benzene rings is 8. The monoisotopic (exact) mass is 700 g/mol. The van der Waals surface area contributed by atoms with Crippen molar-refractivity contribution in [3.63, 3.8) is 0 Å². The molecule has 8 aromatic carbocycles. The highest BCUT2D eigenvalue weighted by atomic mass is 16.3. The van der Waals surface area contributed by atoms with E-state index >= 15 is 0 Å². The fourth-order valence-electron chi connectivity index (χ4n) is 8.64. The van der Waals surface area contributed by atoms with Crippen molar-refractivity contribution in [3.05, 3.63) is 144 Å². The average molecular weight is 701 g/mol. The van der Waals surface area contributed by atoms with Gasteiger partial charge in [0.15, 0.2) is 0 Å². The summed E-state index contributed by atoms with van der Waals surface area (Å²) in [7, 11) is 0. The predicted octanol–water partition coefficient (Wildman–Crippen LogP) is 15.5. The number of hydrogen-bond acceptors (Lipinski definition) is 2. The molecule has 0 radical (unpaired) electrons. The van der Waals surface area contributed by atoms with Crippen LogP contribution in [0.4, 0.5) is 0 Å². The molecule has 0 unspecified atom stereocenters. The molecule has 0 saturated heterocycles. The Morgan fingerprint density at radius 1 is 0.370 bits per heavy atom. The van der Waals surface area contributed by atoms with Crippen molar-refractivity contribution in [2.75, 3.05) is 0 Å². The van der Waals surface area contributed by atoms with Crippen LogP contribution in [0.3, 0.4) is 0 Å². The van der Waals surface area contributed by atoms with Gasteiger partial charge in [0.1, 0.15) is 22.3 Å². The Morgan fingerprint density at radius 2 is 0.759 bits per heavy atom. The second-order valence-electron chi connectivity index (χ2n) is 17.5. The lowest BCUT2D eigenvalue weighted by molar-refractivity contribution is 0.591. The summed E-state index contributed by atoms with van der Waals surface area (Å²) in [6.07, 6.45) is 0. The Morgan fingerprint density at radius 3 is 1.13 bits per heavy atom. The molecule has 2 heterocycles. The molecule has 0 saturated carbocycles. The number of fused-ring (bicyclic) bond motifs is 14. The van der Waals surface area contributed by atoms with Crippen LogP contribution < -0.4 is 0 Å². The molecule has 0 bridgehead atoms. The second-order valence-corrected chi connectivity index (χ2v) is 17.5. The first-order valence-electron chi connectivity index (χ1n) is 19.2. The molecular formula is C52H44O2. The first-order valence-corrected chi connectivity index (χ1v) is 19.2. The molecule has 0 aliphatic carbocycles. The van der Waals surface area contributed by atoms with E-state index in [0.29, 0.717) is 0 Å². The summed E-state index contributed by atoms with van der Waals surface area (Å²) in [5.74, 6) is 0. The minimum absolute atomic E-state index is 0.00360. The molecule has 264 valence electrons. The van der Waals surface area contributed by atoms with Gasteiger partial charge in [0.05, 0.1) is 0 Å².